The third-order valence-corrected chi connectivity index (χ3v) is 11.0. The van der Waals surface area contributed by atoms with Gasteiger partial charge in [0.15, 0.2) is 0 Å². The quantitative estimate of drug-likeness (QED) is 0.148. The highest BCUT2D eigenvalue weighted by molar-refractivity contribution is 7.42. The van der Waals surface area contributed by atoms with E-state index in [1.54, 1.807) is 0 Å². The molecule has 1 unspecified atom stereocenters. The monoisotopic (exact) mass is 688 g/mol. The minimum atomic E-state index is -2.86. The summed E-state index contributed by atoms with van der Waals surface area (Å²) in [6.45, 7) is 17.9. The third-order valence-electron chi connectivity index (χ3n) is 10.3. The topological polar surface area (TPSA) is 18.5 Å². The Kier molecular flexibility index (Phi) is 9.27. The van der Waals surface area contributed by atoms with Gasteiger partial charge in [-0.3, -0.25) is 0 Å². The Morgan fingerprint density at radius 2 is 1.00 bits per heavy atom. The molecule has 0 aliphatic carbocycles. The van der Waals surface area contributed by atoms with Crippen molar-refractivity contribution in [1.82, 2.24) is 0 Å². The summed E-state index contributed by atoms with van der Waals surface area (Å²) in [5, 5.41) is 0. The molecule has 0 fully saturated rings. The molecule has 0 saturated heterocycles. The summed E-state index contributed by atoms with van der Waals surface area (Å²) >= 11 is 0. The van der Waals surface area contributed by atoms with Crippen LogP contribution in [0.25, 0.3) is 11.1 Å². The van der Waals surface area contributed by atoms with Crippen molar-refractivity contribution < 1.29 is 13.2 Å². The Labute approximate surface area is 303 Å². The number of benzene rings is 6. The molecule has 254 valence electrons. The predicted octanol–water partition coefficient (Wildman–Crippen LogP) is 13.0. The fraction of sp³-hybridized carbons (Fsp3) is 0.149. The van der Waals surface area contributed by atoms with Crippen LogP contribution in [0.3, 0.4) is 0 Å². The van der Waals surface area contributed by atoms with E-state index in [-0.39, 0.29) is 5.41 Å². The van der Waals surface area contributed by atoms with Crippen molar-refractivity contribution in [2.45, 2.75) is 44.9 Å². The first-order valence-corrected chi connectivity index (χ1v) is 18.4. The van der Waals surface area contributed by atoms with Crippen LogP contribution in [-0.4, -0.2) is 0 Å². The Balaban J connectivity index is 1.48. The van der Waals surface area contributed by atoms with Crippen LogP contribution in [0.1, 0.15) is 83.3 Å². The largest absolute Gasteiger partial charge is 0.505 e. The van der Waals surface area contributed by atoms with Gasteiger partial charge in [-0.05, 0) is 62.2 Å². The summed E-state index contributed by atoms with van der Waals surface area (Å²) < 4.78 is 29.1. The van der Waals surface area contributed by atoms with E-state index < -0.39 is 14.1 Å². The number of fused-ring (bicyclic) bond motifs is 2. The van der Waals surface area contributed by atoms with Gasteiger partial charge in [-0.15, -0.1) is 4.20 Å². The van der Waals surface area contributed by atoms with Gasteiger partial charge in [0, 0.05) is 33.9 Å². The first-order chi connectivity index (χ1) is 24.5. The fourth-order valence-corrected chi connectivity index (χ4v) is 7.84. The summed E-state index contributed by atoms with van der Waals surface area (Å²) in [5.41, 5.74) is 10.4. The second-order valence-electron chi connectivity index (χ2n) is 14.3. The molecule has 4 heteroatoms. The molecule has 7 rings (SSSR count). The van der Waals surface area contributed by atoms with E-state index in [9.17, 15) is 0 Å². The Morgan fingerprint density at radius 1 is 0.529 bits per heavy atom. The lowest BCUT2D eigenvalue weighted by molar-refractivity contribution is 0.420. The number of hydrogen-bond acceptors (Lipinski definition) is 2. The number of halogens is 1. The highest BCUT2D eigenvalue weighted by Gasteiger charge is 2.36. The van der Waals surface area contributed by atoms with E-state index in [2.05, 4.69) is 108 Å². The molecule has 0 radical (unpaired) electrons. The van der Waals surface area contributed by atoms with Crippen LogP contribution in [0.4, 0.5) is 4.20 Å². The number of hydrogen-bond donors (Lipinski definition) is 0. The molecule has 1 aliphatic rings. The maximum Gasteiger partial charge on any atom is 0.505 e. The molecular weight excluding hydrogens is 646 g/mol. The molecular formula is C47H42FO2P. The van der Waals surface area contributed by atoms with Crippen LogP contribution in [0.5, 0.6) is 11.5 Å². The molecule has 0 spiro atoms. The van der Waals surface area contributed by atoms with Crippen LogP contribution in [0.15, 0.2) is 159 Å². The highest BCUT2D eigenvalue weighted by atomic mass is 31.2. The zero-order valence-corrected chi connectivity index (χ0v) is 30.5. The minimum absolute atomic E-state index is 0.351. The van der Waals surface area contributed by atoms with E-state index in [0.717, 1.165) is 55.7 Å². The molecule has 6 aromatic carbocycles. The Morgan fingerprint density at radius 3 is 1.57 bits per heavy atom. The van der Waals surface area contributed by atoms with Crippen LogP contribution < -0.4 is 9.05 Å². The van der Waals surface area contributed by atoms with Crippen molar-refractivity contribution in [2.75, 3.05) is 0 Å². The van der Waals surface area contributed by atoms with Crippen molar-refractivity contribution in [3.63, 3.8) is 0 Å². The molecule has 2 nitrogen and oxygen atoms in total. The molecule has 0 saturated carbocycles. The van der Waals surface area contributed by atoms with Crippen molar-refractivity contribution in [1.29, 1.82) is 0 Å². The van der Waals surface area contributed by atoms with E-state index in [1.165, 1.54) is 5.56 Å². The average molecular weight is 689 g/mol. The summed E-state index contributed by atoms with van der Waals surface area (Å²) in [7, 11) is -2.86. The first kappa shape index (κ1) is 34.2. The molecule has 51 heavy (non-hydrogen) atoms. The van der Waals surface area contributed by atoms with Crippen molar-refractivity contribution >= 4 is 19.8 Å². The second kappa shape index (κ2) is 13.8. The van der Waals surface area contributed by atoms with Gasteiger partial charge >= 0.3 is 8.69 Å². The van der Waals surface area contributed by atoms with Gasteiger partial charge in [-0.1, -0.05) is 174 Å². The Bertz CT molecular complexity index is 2210. The van der Waals surface area contributed by atoms with E-state index >= 15 is 4.20 Å². The summed E-state index contributed by atoms with van der Waals surface area (Å²) in [4.78, 5) is 0. The van der Waals surface area contributed by atoms with Crippen molar-refractivity contribution in [3.8, 4) is 11.5 Å². The minimum Gasteiger partial charge on any atom is -0.414 e. The van der Waals surface area contributed by atoms with Crippen LogP contribution >= 0.6 is 8.69 Å². The molecule has 1 atom stereocenters. The molecule has 1 heterocycles. The van der Waals surface area contributed by atoms with E-state index in [4.69, 9.17) is 9.05 Å². The van der Waals surface area contributed by atoms with Gasteiger partial charge < -0.3 is 9.05 Å². The van der Waals surface area contributed by atoms with Gasteiger partial charge in [-0.25, -0.2) is 0 Å². The lowest BCUT2D eigenvalue weighted by Crippen LogP contribution is -2.25. The maximum atomic E-state index is 16.5. The fourth-order valence-electron chi connectivity index (χ4n) is 7.08. The van der Waals surface area contributed by atoms with E-state index in [0.29, 0.717) is 23.5 Å². The summed E-state index contributed by atoms with van der Waals surface area (Å²) in [5.74, 6) is 0.982. The normalized spacial score (nSPS) is 14.2. The van der Waals surface area contributed by atoms with Crippen LogP contribution in [0.2, 0.25) is 0 Å². The average Bonchev–Trinajstić information content (AvgIpc) is 3.16. The zero-order valence-electron chi connectivity index (χ0n) is 29.6. The Hall–Kier alpha value is -5.24. The molecule has 6 aromatic rings. The summed E-state index contributed by atoms with van der Waals surface area (Å²) in [6.07, 6.45) is 0.454. The smallest absolute Gasteiger partial charge is 0.414 e. The SMILES string of the molecule is C=C(c1ccccc1)c1cc2c(c(C(=C)c3ccccc3)c1)OP(F)Oc1c(cc(C(C)(C)c3ccccc3)cc1C(C)(C)c1ccccc1)C2. The highest BCUT2D eigenvalue weighted by Crippen LogP contribution is 2.54. The van der Waals surface area contributed by atoms with Crippen molar-refractivity contribution in [2.24, 2.45) is 0 Å². The second-order valence-corrected chi connectivity index (χ2v) is 15.1. The molecule has 1 aliphatic heterocycles. The molecule has 0 aromatic heterocycles. The van der Waals surface area contributed by atoms with Gasteiger partial charge in [-0.2, -0.15) is 0 Å². The summed E-state index contributed by atoms with van der Waals surface area (Å²) in [6, 6.07) is 49.5. The third kappa shape index (κ3) is 6.67. The van der Waals surface area contributed by atoms with Gasteiger partial charge in [0.1, 0.15) is 11.5 Å². The van der Waals surface area contributed by atoms with Gasteiger partial charge in [0.2, 0.25) is 0 Å². The van der Waals surface area contributed by atoms with Crippen LogP contribution in [0, 0.1) is 0 Å². The lowest BCUT2D eigenvalue weighted by Gasteiger charge is -2.34. The zero-order chi connectivity index (χ0) is 35.8. The first-order valence-electron chi connectivity index (χ1n) is 17.3. The standard InChI is InChI=1S/C47H42FO2P/c1-32(34-19-11-7-12-20-34)36-27-37-28-38-29-41(46(3,4)39-23-15-9-16-24-39)31-43(47(5,6)40-25-17-10-18-26-40)45(38)50-51(48)49-44(37)42(30-36)33(2)35-21-13-8-14-22-35/h7-27,29-31H,1-2,28H2,3-6H3. The van der Waals surface area contributed by atoms with E-state index in [1.807, 2.05) is 78.9 Å². The van der Waals surface area contributed by atoms with Crippen molar-refractivity contribution in [3.05, 3.63) is 214 Å². The number of rotatable bonds is 8. The molecule has 0 N–H and O–H groups in total. The maximum absolute atomic E-state index is 16.5. The van der Waals surface area contributed by atoms with Gasteiger partial charge in [0.25, 0.3) is 0 Å². The predicted molar refractivity (Wildman–Crippen MR) is 211 cm³/mol. The lowest BCUT2D eigenvalue weighted by atomic mass is 9.71. The molecule has 0 amide bonds. The van der Waals surface area contributed by atoms with Crippen LogP contribution in [-0.2, 0) is 17.3 Å². The van der Waals surface area contributed by atoms with Gasteiger partial charge in [0.05, 0.1) is 0 Å². The molecule has 0 bridgehead atoms.